The Morgan fingerprint density at radius 2 is 2.08 bits per heavy atom. The number of nitrogens with one attached hydrogen (secondary N) is 1. The van der Waals surface area contributed by atoms with Crippen LogP contribution in [-0.4, -0.2) is 45.7 Å². The first-order chi connectivity index (χ1) is 5.90. The van der Waals surface area contributed by atoms with Crippen molar-refractivity contribution in [2.24, 2.45) is 0 Å². The van der Waals surface area contributed by atoms with Gasteiger partial charge in [-0.15, -0.1) is 0 Å². The molecule has 0 bridgehead atoms. The molecule has 0 saturated carbocycles. The first kappa shape index (κ1) is 12.6. The molecule has 0 amide bonds. The van der Waals surface area contributed by atoms with Crippen LogP contribution in [0.15, 0.2) is 12.2 Å². The Balaban J connectivity index is 4.20. The van der Waals surface area contributed by atoms with Crippen molar-refractivity contribution in [1.29, 1.82) is 0 Å². The minimum atomic E-state index is -3.11. The van der Waals surface area contributed by atoms with Crippen molar-refractivity contribution in [3.63, 3.8) is 0 Å². The molecule has 0 heterocycles. The topological polar surface area (TPSA) is 49.4 Å². The van der Waals surface area contributed by atoms with Crippen LogP contribution in [0.4, 0.5) is 0 Å². The molecule has 0 saturated heterocycles. The fourth-order valence-electron chi connectivity index (χ4n) is 0.865. The number of rotatable bonds is 6. The molecule has 78 valence electrons. The van der Waals surface area contributed by atoms with E-state index in [9.17, 15) is 8.42 Å². The second-order valence-electron chi connectivity index (χ2n) is 3.13. The maximum Gasteiger partial charge on any atom is 0.215 e. The van der Waals surface area contributed by atoms with E-state index in [1.54, 1.807) is 14.1 Å². The zero-order valence-corrected chi connectivity index (χ0v) is 9.32. The average molecular weight is 206 g/mol. The van der Waals surface area contributed by atoms with Gasteiger partial charge in [0, 0.05) is 20.1 Å². The molecular weight excluding hydrogens is 188 g/mol. The summed E-state index contributed by atoms with van der Waals surface area (Å²) in [4.78, 5) is 0. The molecule has 0 aliphatic rings. The predicted molar refractivity (Wildman–Crippen MR) is 55.2 cm³/mol. The third-order valence-electron chi connectivity index (χ3n) is 1.58. The molecule has 0 aromatic carbocycles. The molecule has 0 atom stereocenters. The van der Waals surface area contributed by atoms with Gasteiger partial charge in [-0.1, -0.05) is 12.2 Å². The Kier molecular flexibility index (Phi) is 5.20. The van der Waals surface area contributed by atoms with E-state index in [1.807, 2.05) is 6.92 Å². The quantitative estimate of drug-likeness (QED) is 0.624. The van der Waals surface area contributed by atoms with E-state index in [1.165, 1.54) is 4.31 Å². The lowest BCUT2D eigenvalue weighted by Crippen LogP contribution is -2.33. The van der Waals surface area contributed by atoms with Crippen molar-refractivity contribution in [2.75, 3.05) is 32.9 Å². The molecule has 0 aliphatic heterocycles. The second-order valence-corrected chi connectivity index (χ2v) is 5.33. The molecule has 0 radical (unpaired) electrons. The van der Waals surface area contributed by atoms with Crippen LogP contribution in [0.2, 0.25) is 0 Å². The van der Waals surface area contributed by atoms with Gasteiger partial charge in [0.2, 0.25) is 10.0 Å². The van der Waals surface area contributed by atoms with Gasteiger partial charge < -0.3 is 5.32 Å². The first-order valence-electron chi connectivity index (χ1n) is 4.13. The molecule has 13 heavy (non-hydrogen) atoms. The lowest BCUT2D eigenvalue weighted by molar-refractivity contribution is 0.492. The minimum Gasteiger partial charge on any atom is -0.319 e. The van der Waals surface area contributed by atoms with Crippen LogP contribution in [0.3, 0.4) is 0 Å². The van der Waals surface area contributed by atoms with Gasteiger partial charge >= 0.3 is 0 Å². The molecule has 0 fully saturated rings. The van der Waals surface area contributed by atoms with Crippen LogP contribution >= 0.6 is 0 Å². The summed E-state index contributed by atoms with van der Waals surface area (Å²) in [5, 5.41) is 2.80. The Morgan fingerprint density at radius 3 is 2.46 bits per heavy atom. The fraction of sp³-hybridized carbons (Fsp3) is 0.750. The fourth-order valence-corrected chi connectivity index (χ4v) is 2.06. The van der Waals surface area contributed by atoms with E-state index >= 15 is 0 Å². The van der Waals surface area contributed by atoms with Crippen molar-refractivity contribution < 1.29 is 8.42 Å². The number of nitrogens with zero attached hydrogens (tertiary/aromatic N) is 1. The Hall–Kier alpha value is -0.390. The number of hydrogen-bond acceptors (Lipinski definition) is 3. The SMILES string of the molecule is C=C(C)CN(C)S(=O)(=O)CCNC. The van der Waals surface area contributed by atoms with Crippen LogP contribution in [0.1, 0.15) is 6.92 Å². The third kappa shape index (κ3) is 5.02. The monoisotopic (exact) mass is 206 g/mol. The van der Waals surface area contributed by atoms with E-state index in [0.29, 0.717) is 13.1 Å². The number of sulfonamides is 1. The minimum absolute atomic E-state index is 0.132. The third-order valence-corrected chi connectivity index (χ3v) is 3.38. The summed E-state index contributed by atoms with van der Waals surface area (Å²) in [6.45, 7) is 6.35. The molecule has 0 rings (SSSR count). The van der Waals surface area contributed by atoms with Crippen molar-refractivity contribution in [3.8, 4) is 0 Å². The molecule has 1 N–H and O–H groups in total. The summed E-state index contributed by atoms with van der Waals surface area (Å²) in [7, 11) is 0.192. The van der Waals surface area contributed by atoms with E-state index in [0.717, 1.165) is 5.57 Å². The Bertz CT molecular complexity index is 259. The van der Waals surface area contributed by atoms with Crippen LogP contribution in [-0.2, 0) is 10.0 Å². The van der Waals surface area contributed by atoms with Crippen LogP contribution in [0.5, 0.6) is 0 Å². The molecule has 0 aromatic rings. The maximum absolute atomic E-state index is 11.5. The van der Waals surface area contributed by atoms with Gasteiger partial charge in [-0.2, -0.15) is 0 Å². The standard InChI is InChI=1S/C8H18N2O2S/c1-8(2)7-10(4)13(11,12)6-5-9-3/h9H,1,5-7H2,2-4H3. The van der Waals surface area contributed by atoms with E-state index < -0.39 is 10.0 Å². The highest BCUT2D eigenvalue weighted by molar-refractivity contribution is 7.89. The zero-order valence-electron chi connectivity index (χ0n) is 8.50. The summed E-state index contributed by atoms with van der Waals surface area (Å²) >= 11 is 0. The molecular formula is C8H18N2O2S. The number of hydrogen-bond donors (Lipinski definition) is 1. The van der Waals surface area contributed by atoms with Crippen LogP contribution in [0.25, 0.3) is 0 Å². The van der Waals surface area contributed by atoms with Gasteiger partial charge in [0.15, 0.2) is 0 Å². The summed E-state index contributed by atoms with van der Waals surface area (Å²) in [5.74, 6) is 0.132. The van der Waals surface area contributed by atoms with Gasteiger partial charge in [0.1, 0.15) is 0 Å². The van der Waals surface area contributed by atoms with Gasteiger partial charge in [0.05, 0.1) is 5.75 Å². The van der Waals surface area contributed by atoms with E-state index in [4.69, 9.17) is 0 Å². The normalized spacial score (nSPS) is 12.0. The van der Waals surface area contributed by atoms with Gasteiger partial charge in [-0.3, -0.25) is 0 Å². The highest BCUT2D eigenvalue weighted by atomic mass is 32.2. The highest BCUT2D eigenvalue weighted by Crippen LogP contribution is 2.00. The summed E-state index contributed by atoms with van der Waals surface area (Å²) in [6.07, 6.45) is 0. The van der Waals surface area contributed by atoms with Gasteiger partial charge in [-0.05, 0) is 14.0 Å². The first-order valence-corrected chi connectivity index (χ1v) is 5.74. The average Bonchev–Trinajstić information content (AvgIpc) is 1.99. The van der Waals surface area contributed by atoms with Crippen molar-refractivity contribution in [2.45, 2.75) is 6.92 Å². The van der Waals surface area contributed by atoms with Crippen molar-refractivity contribution in [3.05, 3.63) is 12.2 Å². The van der Waals surface area contributed by atoms with Gasteiger partial charge in [-0.25, -0.2) is 12.7 Å². The van der Waals surface area contributed by atoms with Crippen molar-refractivity contribution >= 4 is 10.0 Å². The van der Waals surface area contributed by atoms with E-state index in [2.05, 4.69) is 11.9 Å². The number of likely N-dealkylation sites (N-methyl/N-ethyl adjacent to an activating group) is 1. The Morgan fingerprint density at radius 1 is 1.54 bits per heavy atom. The van der Waals surface area contributed by atoms with Crippen LogP contribution in [0, 0.1) is 0 Å². The summed E-state index contributed by atoms with van der Waals surface area (Å²) in [6, 6.07) is 0. The van der Waals surface area contributed by atoms with Crippen molar-refractivity contribution in [1.82, 2.24) is 9.62 Å². The lowest BCUT2D eigenvalue weighted by Gasteiger charge is -2.16. The molecule has 0 aliphatic carbocycles. The lowest BCUT2D eigenvalue weighted by atomic mass is 10.4. The molecule has 0 spiro atoms. The summed E-state index contributed by atoms with van der Waals surface area (Å²) in [5.41, 5.74) is 0.843. The Labute approximate surface area is 80.7 Å². The highest BCUT2D eigenvalue weighted by Gasteiger charge is 2.16. The maximum atomic E-state index is 11.5. The second kappa shape index (κ2) is 5.36. The molecule has 0 aromatic heterocycles. The van der Waals surface area contributed by atoms with Crippen LogP contribution < -0.4 is 5.32 Å². The zero-order chi connectivity index (χ0) is 10.5. The smallest absolute Gasteiger partial charge is 0.215 e. The molecule has 5 heteroatoms. The predicted octanol–water partition coefficient (Wildman–Crippen LogP) is 0.0435. The summed E-state index contributed by atoms with van der Waals surface area (Å²) < 4.78 is 24.3. The van der Waals surface area contributed by atoms with Gasteiger partial charge in [0.25, 0.3) is 0 Å². The molecule has 0 unspecified atom stereocenters. The molecule has 4 nitrogen and oxygen atoms in total. The largest absolute Gasteiger partial charge is 0.319 e. The van der Waals surface area contributed by atoms with E-state index in [-0.39, 0.29) is 5.75 Å².